The van der Waals surface area contributed by atoms with Crippen molar-refractivity contribution in [3.8, 4) is 5.75 Å². The number of fused-ring (bicyclic) bond motifs is 1. The SMILES string of the molecule is c1coc(CCNC2CCOc3ccccc32)c1. The largest absolute Gasteiger partial charge is 0.493 e. The van der Waals surface area contributed by atoms with E-state index >= 15 is 0 Å². The van der Waals surface area contributed by atoms with Crippen molar-refractivity contribution in [2.75, 3.05) is 13.2 Å². The van der Waals surface area contributed by atoms with Gasteiger partial charge in [0.15, 0.2) is 0 Å². The van der Waals surface area contributed by atoms with Gasteiger partial charge in [0.1, 0.15) is 11.5 Å². The highest BCUT2D eigenvalue weighted by molar-refractivity contribution is 5.37. The lowest BCUT2D eigenvalue weighted by Crippen LogP contribution is -2.28. The molecule has 0 amide bonds. The molecular formula is C15H17NO2. The van der Waals surface area contributed by atoms with Gasteiger partial charge in [-0.1, -0.05) is 18.2 Å². The number of hydrogen-bond donors (Lipinski definition) is 1. The molecule has 0 bridgehead atoms. The van der Waals surface area contributed by atoms with E-state index in [2.05, 4.69) is 17.4 Å². The summed E-state index contributed by atoms with van der Waals surface area (Å²) < 4.78 is 11.0. The van der Waals surface area contributed by atoms with Crippen molar-refractivity contribution >= 4 is 0 Å². The fourth-order valence-corrected chi connectivity index (χ4v) is 2.38. The van der Waals surface area contributed by atoms with Crippen LogP contribution in [0.3, 0.4) is 0 Å². The molecule has 1 unspecified atom stereocenters. The van der Waals surface area contributed by atoms with Crippen LogP contribution in [0, 0.1) is 0 Å². The zero-order valence-corrected chi connectivity index (χ0v) is 10.3. The van der Waals surface area contributed by atoms with Crippen LogP contribution in [0.1, 0.15) is 23.8 Å². The third-order valence-electron chi connectivity index (χ3n) is 3.30. The Balaban J connectivity index is 1.60. The monoisotopic (exact) mass is 243 g/mol. The number of para-hydroxylation sites is 1. The number of furan rings is 1. The van der Waals surface area contributed by atoms with Crippen molar-refractivity contribution in [2.24, 2.45) is 0 Å². The molecule has 3 heteroatoms. The molecule has 0 saturated carbocycles. The Kier molecular flexibility index (Phi) is 3.33. The Morgan fingerprint density at radius 3 is 3.00 bits per heavy atom. The summed E-state index contributed by atoms with van der Waals surface area (Å²) in [6.07, 6.45) is 3.67. The molecule has 0 radical (unpaired) electrons. The van der Waals surface area contributed by atoms with E-state index in [1.54, 1.807) is 6.26 Å². The van der Waals surface area contributed by atoms with Gasteiger partial charge in [0.05, 0.1) is 12.9 Å². The van der Waals surface area contributed by atoms with Gasteiger partial charge in [0, 0.05) is 31.0 Å². The van der Waals surface area contributed by atoms with Gasteiger partial charge < -0.3 is 14.5 Å². The van der Waals surface area contributed by atoms with E-state index < -0.39 is 0 Å². The highest BCUT2D eigenvalue weighted by Gasteiger charge is 2.19. The predicted molar refractivity (Wildman–Crippen MR) is 69.7 cm³/mol. The van der Waals surface area contributed by atoms with E-state index in [1.807, 2.05) is 24.3 Å². The second kappa shape index (κ2) is 5.27. The molecule has 94 valence electrons. The van der Waals surface area contributed by atoms with Gasteiger partial charge in [-0.15, -0.1) is 0 Å². The molecule has 1 aliphatic rings. The topological polar surface area (TPSA) is 34.4 Å². The molecule has 1 atom stereocenters. The van der Waals surface area contributed by atoms with Crippen LogP contribution >= 0.6 is 0 Å². The molecule has 0 saturated heterocycles. The highest BCUT2D eigenvalue weighted by atomic mass is 16.5. The van der Waals surface area contributed by atoms with Crippen molar-refractivity contribution in [1.82, 2.24) is 5.32 Å². The average molecular weight is 243 g/mol. The third kappa shape index (κ3) is 2.41. The lowest BCUT2D eigenvalue weighted by atomic mass is 10.0. The van der Waals surface area contributed by atoms with Crippen LogP contribution in [0.25, 0.3) is 0 Å². The number of benzene rings is 1. The van der Waals surface area contributed by atoms with Gasteiger partial charge in [-0.25, -0.2) is 0 Å². The van der Waals surface area contributed by atoms with Crippen molar-refractivity contribution < 1.29 is 9.15 Å². The fourth-order valence-electron chi connectivity index (χ4n) is 2.38. The molecule has 2 heterocycles. The lowest BCUT2D eigenvalue weighted by molar-refractivity contribution is 0.253. The minimum atomic E-state index is 0.393. The molecule has 0 spiro atoms. The Bertz CT molecular complexity index is 493. The minimum absolute atomic E-state index is 0.393. The molecule has 1 aromatic carbocycles. The van der Waals surface area contributed by atoms with Gasteiger partial charge in [0.25, 0.3) is 0 Å². The maximum atomic E-state index is 5.65. The fraction of sp³-hybridized carbons (Fsp3) is 0.333. The van der Waals surface area contributed by atoms with E-state index in [1.165, 1.54) is 5.56 Å². The molecule has 1 N–H and O–H groups in total. The van der Waals surface area contributed by atoms with Crippen molar-refractivity contribution in [3.63, 3.8) is 0 Å². The first-order chi connectivity index (χ1) is 8.93. The maximum absolute atomic E-state index is 5.65. The minimum Gasteiger partial charge on any atom is -0.493 e. The zero-order chi connectivity index (χ0) is 12.2. The second-order valence-electron chi connectivity index (χ2n) is 4.51. The van der Waals surface area contributed by atoms with E-state index in [4.69, 9.17) is 9.15 Å². The van der Waals surface area contributed by atoms with Crippen molar-refractivity contribution in [2.45, 2.75) is 18.9 Å². The number of hydrogen-bond acceptors (Lipinski definition) is 3. The predicted octanol–water partition coefficient (Wildman–Crippen LogP) is 2.94. The lowest BCUT2D eigenvalue weighted by Gasteiger charge is -2.26. The Morgan fingerprint density at radius 2 is 2.11 bits per heavy atom. The average Bonchev–Trinajstić information content (AvgIpc) is 2.92. The van der Waals surface area contributed by atoms with Gasteiger partial charge in [-0.3, -0.25) is 0 Å². The van der Waals surface area contributed by atoms with Crippen LogP contribution in [0.15, 0.2) is 47.1 Å². The summed E-state index contributed by atoms with van der Waals surface area (Å²) in [7, 11) is 0. The van der Waals surface area contributed by atoms with Crippen molar-refractivity contribution in [3.05, 3.63) is 54.0 Å². The smallest absolute Gasteiger partial charge is 0.124 e. The summed E-state index contributed by atoms with van der Waals surface area (Å²) in [4.78, 5) is 0. The Morgan fingerprint density at radius 1 is 1.17 bits per heavy atom. The molecule has 1 aromatic heterocycles. The van der Waals surface area contributed by atoms with Gasteiger partial charge >= 0.3 is 0 Å². The molecule has 3 nitrogen and oxygen atoms in total. The molecule has 2 aromatic rings. The molecule has 0 fully saturated rings. The molecule has 3 rings (SSSR count). The standard InChI is InChI=1S/C15H17NO2/c1-2-6-15-13(5-1)14(8-11-18-15)16-9-7-12-4-3-10-17-12/h1-6,10,14,16H,7-9,11H2. The summed E-state index contributed by atoms with van der Waals surface area (Å²) in [6.45, 7) is 1.71. The van der Waals surface area contributed by atoms with Crippen LogP contribution in [0.2, 0.25) is 0 Å². The van der Waals surface area contributed by atoms with E-state index in [9.17, 15) is 0 Å². The molecule has 18 heavy (non-hydrogen) atoms. The molecular weight excluding hydrogens is 226 g/mol. The summed E-state index contributed by atoms with van der Waals surface area (Å²) in [5.41, 5.74) is 1.27. The van der Waals surface area contributed by atoms with Crippen molar-refractivity contribution in [1.29, 1.82) is 0 Å². The van der Waals surface area contributed by atoms with E-state index in [0.29, 0.717) is 6.04 Å². The summed E-state index contributed by atoms with van der Waals surface area (Å²) in [6, 6.07) is 12.6. The van der Waals surface area contributed by atoms with Crippen LogP contribution < -0.4 is 10.1 Å². The first kappa shape index (κ1) is 11.4. The third-order valence-corrected chi connectivity index (χ3v) is 3.30. The first-order valence-corrected chi connectivity index (χ1v) is 6.41. The number of rotatable bonds is 4. The van der Waals surface area contributed by atoms with Gasteiger partial charge in [-0.2, -0.15) is 0 Å². The summed E-state index contributed by atoms with van der Waals surface area (Å²) in [5, 5.41) is 3.58. The maximum Gasteiger partial charge on any atom is 0.124 e. The zero-order valence-electron chi connectivity index (χ0n) is 10.3. The second-order valence-corrected chi connectivity index (χ2v) is 4.51. The van der Waals surface area contributed by atoms with Crippen LogP contribution in [0.4, 0.5) is 0 Å². The Hall–Kier alpha value is -1.74. The number of nitrogens with one attached hydrogen (secondary N) is 1. The molecule has 0 aliphatic carbocycles. The van der Waals surface area contributed by atoms with Crippen LogP contribution in [-0.4, -0.2) is 13.2 Å². The first-order valence-electron chi connectivity index (χ1n) is 6.41. The summed E-state index contributed by atoms with van der Waals surface area (Å²) >= 11 is 0. The molecule has 1 aliphatic heterocycles. The normalized spacial score (nSPS) is 18.1. The van der Waals surface area contributed by atoms with E-state index in [0.717, 1.165) is 37.5 Å². The van der Waals surface area contributed by atoms with Gasteiger partial charge in [-0.05, 0) is 18.2 Å². The van der Waals surface area contributed by atoms with Crippen LogP contribution in [-0.2, 0) is 6.42 Å². The highest BCUT2D eigenvalue weighted by Crippen LogP contribution is 2.31. The summed E-state index contributed by atoms with van der Waals surface area (Å²) in [5.74, 6) is 2.04. The van der Waals surface area contributed by atoms with Crippen LogP contribution in [0.5, 0.6) is 5.75 Å². The van der Waals surface area contributed by atoms with E-state index in [-0.39, 0.29) is 0 Å². The quantitative estimate of drug-likeness (QED) is 0.896. The Labute approximate surface area is 107 Å². The number of ether oxygens (including phenoxy) is 1. The van der Waals surface area contributed by atoms with Gasteiger partial charge in [0.2, 0.25) is 0 Å².